The van der Waals surface area contributed by atoms with Gasteiger partial charge in [0.15, 0.2) is 0 Å². The number of benzene rings is 1. The Hall–Kier alpha value is -1.44. The van der Waals surface area contributed by atoms with E-state index in [1.54, 1.807) is 6.92 Å². The molecule has 7 heteroatoms. The number of rotatable bonds is 7. The topological polar surface area (TPSA) is 66.9 Å². The predicted molar refractivity (Wildman–Crippen MR) is 76.1 cm³/mol. The van der Waals surface area contributed by atoms with Gasteiger partial charge in [0.05, 0.1) is 6.61 Å². The van der Waals surface area contributed by atoms with Gasteiger partial charge in [-0.15, -0.1) is 0 Å². The lowest BCUT2D eigenvalue weighted by atomic mass is 10.2. The van der Waals surface area contributed by atoms with E-state index >= 15 is 0 Å². The highest BCUT2D eigenvalue weighted by Gasteiger charge is 2.27. The summed E-state index contributed by atoms with van der Waals surface area (Å²) in [6, 6.07) is 9.10. The Morgan fingerprint density at radius 3 is 2.30 bits per heavy atom. The molecule has 0 fully saturated rings. The van der Waals surface area contributed by atoms with Gasteiger partial charge in [-0.1, -0.05) is 30.3 Å². The molecule has 0 aliphatic rings. The van der Waals surface area contributed by atoms with E-state index in [0.29, 0.717) is 0 Å². The third-order valence-corrected chi connectivity index (χ3v) is 4.43. The molecule has 0 amide bonds. The van der Waals surface area contributed by atoms with Gasteiger partial charge < -0.3 is 4.74 Å². The number of nitrogens with zero attached hydrogens (tertiary/aromatic N) is 2. The molecule has 0 atom stereocenters. The molecule has 0 heterocycles. The molecule has 1 rings (SSSR count). The average Bonchev–Trinajstić information content (AvgIpc) is 2.39. The second kappa shape index (κ2) is 7.37. The molecular formula is C13H20N2O4S. The Bertz CT molecular complexity index is 529. The highest BCUT2D eigenvalue weighted by atomic mass is 32.2. The van der Waals surface area contributed by atoms with Crippen LogP contribution >= 0.6 is 0 Å². The van der Waals surface area contributed by atoms with Crippen LogP contribution in [0, 0.1) is 0 Å². The molecule has 112 valence electrons. The summed E-state index contributed by atoms with van der Waals surface area (Å²) in [5, 5.41) is 0. The Kier molecular flexibility index (Phi) is 6.12. The van der Waals surface area contributed by atoms with E-state index in [0.717, 1.165) is 14.2 Å². The molecule has 0 aliphatic heterocycles. The van der Waals surface area contributed by atoms with E-state index < -0.39 is 16.2 Å². The molecule has 0 aromatic heterocycles. The van der Waals surface area contributed by atoms with Crippen molar-refractivity contribution >= 4 is 16.2 Å². The summed E-state index contributed by atoms with van der Waals surface area (Å²) in [4.78, 5) is 11.6. The van der Waals surface area contributed by atoms with Gasteiger partial charge in [0.2, 0.25) is 0 Å². The molecule has 6 nitrogen and oxygen atoms in total. The summed E-state index contributed by atoms with van der Waals surface area (Å²) in [6.07, 6.45) is 0. The fraction of sp³-hybridized carbons (Fsp3) is 0.462. The SMILES string of the molecule is CCOC(=O)CN(Cc1ccccc1)S(=O)(=O)N(C)C. The van der Waals surface area contributed by atoms with Crippen LogP contribution in [-0.4, -0.2) is 50.2 Å². The Morgan fingerprint density at radius 2 is 1.80 bits per heavy atom. The molecule has 1 aromatic carbocycles. The van der Waals surface area contributed by atoms with Crippen molar-refractivity contribution in [1.82, 2.24) is 8.61 Å². The standard InChI is InChI=1S/C13H20N2O4S/c1-4-19-13(16)11-15(20(17,18)14(2)3)10-12-8-6-5-7-9-12/h5-9H,4,10-11H2,1-3H3. The first-order chi connectivity index (χ1) is 9.37. The molecule has 0 saturated heterocycles. The summed E-state index contributed by atoms with van der Waals surface area (Å²) in [6.45, 7) is 1.73. The molecule has 0 radical (unpaired) electrons. The zero-order valence-electron chi connectivity index (χ0n) is 11.9. The number of hydrogen-bond donors (Lipinski definition) is 0. The fourth-order valence-electron chi connectivity index (χ4n) is 1.59. The molecule has 0 unspecified atom stereocenters. The van der Waals surface area contributed by atoms with Crippen molar-refractivity contribution in [2.75, 3.05) is 27.2 Å². The molecule has 0 bridgehead atoms. The van der Waals surface area contributed by atoms with Crippen LogP contribution in [0.15, 0.2) is 30.3 Å². The van der Waals surface area contributed by atoms with Crippen molar-refractivity contribution in [1.29, 1.82) is 0 Å². The molecule has 0 N–H and O–H groups in total. The van der Waals surface area contributed by atoms with Crippen LogP contribution in [0.2, 0.25) is 0 Å². The van der Waals surface area contributed by atoms with Crippen molar-refractivity contribution < 1.29 is 17.9 Å². The number of esters is 1. The zero-order valence-corrected chi connectivity index (χ0v) is 12.8. The zero-order chi connectivity index (χ0) is 15.2. The smallest absolute Gasteiger partial charge is 0.321 e. The fourth-order valence-corrected chi connectivity index (χ4v) is 2.63. The summed E-state index contributed by atoms with van der Waals surface area (Å²) < 4.78 is 31.4. The van der Waals surface area contributed by atoms with Crippen molar-refractivity contribution in [3.05, 3.63) is 35.9 Å². The van der Waals surface area contributed by atoms with Gasteiger partial charge in [-0.05, 0) is 12.5 Å². The first-order valence-electron chi connectivity index (χ1n) is 6.25. The quantitative estimate of drug-likeness (QED) is 0.700. The van der Waals surface area contributed by atoms with Gasteiger partial charge in [0.1, 0.15) is 6.54 Å². The Labute approximate surface area is 120 Å². The maximum atomic E-state index is 12.2. The van der Waals surface area contributed by atoms with Gasteiger partial charge >= 0.3 is 5.97 Å². The van der Waals surface area contributed by atoms with E-state index in [2.05, 4.69) is 0 Å². The van der Waals surface area contributed by atoms with Crippen molar-refractivity contribution in [3.8, 4) is 0 Å². The van der Waals surface area contributed by atoms with Gasteiger partial charge in [0, 0.05) is 20.6 Å². The highest BCUT2D eigenvalue weighted by Crippen LogP contribution is 2.11. The lowest BCUT2D eigenvalue weighted by Gasteiger charge is -2.24. The van der Waals surface area contributed by atoms with Crippen molar-refractivity contribution in [2.45, 2.75) is 13.5 Å². The van der Waals surface area contributed by atoms with Crippen LogP contribution in [-0.2, 0) is 26.3 Å². The van der Waals surface area contributed by atoms with Gasteiger partial charge in [-0.2, -0.15) is 17.0 Å². The van der Waals surface area contributed by atoms with Crippen molar-refractivity contribution in [3.63, 3.8) is 0 Å². The average molecular weight is 300 g/mol. The first kappa shape index (κ1) is 16.6. The van der Waals surface area contributed by atoms with E-state index in [9.17, 15) is 13.2 Å². The minimum atomic E-state index is -3.68. The molecular weight excluding hydrogens is 280 g/mol. The van der Waals surface area contributed by atoms with Crippen LogP contribution in [0.5, 0.6) is 0 Å². The normalized spacial score (nSPS) is 11.8. The summed E-state index contributed by atoms with van der Waals surface area (Å²) >= 11 is 0. The Morgan fingerprint density at radius 1 is 1.20 bits per heavy atom. The minimum Gasteiger partial charge on any atom is -0.465 e. The predicted octanol–water partition coefficient (Wildman–Crippen LogP) is 0.858. The molecule has 1 aromatic rings. The van der Waals surface area contributed by atoms with Gasteiger partial charge in [0.25, 0.3) is 10.2 Å². The lowest BCUT2D eigenvalue weighted by molar-refractivity contribution is -0.143. The van der Waals surface area contributed by atoms with E-state index in [1.165, 1.54) is 14.1 Å². The maximum Gasteiger partial charge on any atom is 0.321 e. The number of carbonyl (C=O) groups excluding carboxylic acids is 1. The molecule has 0 aliphatic carbocycles. The summed E-state index contributed by atoms with van der Waals surface area (Å²) in [5.41, 5.74) is 0.808. The maximum absolute atomic E-state index is 12.2. The molecule has 0 saturated carbocycles. The minimum absolute atomic E-state index is 0.125. The van der Waals surface area contributed by atoms with Crippen LogP contribution in [0.1, 0.15) is 12.5 Å². The van der Waals surface area contributed by atoms with Gasteiger partial charge in [-0.25, -0.2) is 0 Å². The monoisotopic (exact) mass is 300 g/mol. The summed E-state index contributed by atoms with van der Waals surface area (Å²) in [5.74, 6) is -0.561. The van der Waals surface area contributed by atoms with Crippen LogP contribution in [0.4, 0.5) is 0 Å². The lowest BCUT2D eigenvalue weighted by Crippen LogP contribution is -2.42. The third-order valence-electron chi connectivity index (χ3n) is 2.60. The molecule has 20 heavy (non-hydrogen) atoms. The molecule has 0 spiro atoms. The number of hydrogen-bond acceptors (Lipinski definition) is 4. The Balaban J connectivity index is 2.93. The highest BCUT2D eigenvalue weighted by molar-refractivity contribution is 7.86. The third kappa shape index (κ3) is 4.59. The van der Waals surface area contributed by atoms with E-state index in [1.807, 2.05) is 30.3 Å². The van der Waals surface area contributed by atoms with Crippen LogP contribution < -0.4 is 0 Å². The summed E-state index contributed by atoms with van der Waals surface area (Å²) in [7, 11) is -0.827. The van der Waals surface area contributed by atoms with Crippen molar-refractivity contribution in [2.24, 2.45) is 0 Å². The number of ether oxygens (including phenoxy) is 1. The largest absolute Gasteiger partial charge is 0.465 e. The van der Waals surface area contributed by atoms with Gasteiger partial charge in [-0.3, -0.25) is 4.79 Å². The second-order valence-electron chi connectivity index (χ2n) is 4.35. The van der Waals surface area contributed by atoms with Crippen LogP contribution in [0.25, 0.3) is 0 Å². The number of carbonyl (C=O) groups is 1. The second-order valence-corrected chi connectivity index (χ2v) is 6.49. The van der Waals surface area contributed by atoms with Crippen LogP contribution in [0.3, 0.4) is 0 Å². The van der Waals surface area contributed by atoms with E-state index in [-0.39, 0.29) is 19.7 Å². The first-order valence-corrected chi connectivity index (χ1v) is 7.64. The van der Waals surface area contributed by atoms with E-state index in [4.69, 9.17) is 4.74 Å².